The number of ketones is 2. The lowest BCUT2D eigenvalue weighted by molar-refractivity contribution is -0.125. The molecule has 7 N–H and O–H groups in total. The van der Waals surface area contributed by atoms with Crippen LogP contribution in [-0.4, -0.2) is 80.8 Å². The molecule has 2 aliphatic carbocycles. The van der Waals surface area contributed by atoms with E-state index in [9.17, 15) is 39.9 Å². The van der Waals surface area contributed by atoms with Crippen molar-refractivity contribution in [3.63, 3.8) is 0 Å². The fourth-order valence-electron chi connectivity index (χ4n) is 5.18. The third-order valence-electron chi connectivity index (χ3n) is 6.62. The number of Topliss-reactive ketones (excluding diaryl/α,β-unsaturated/α-hetero) is 2. The number of nitrogens with zero attached hydrogens (tertiary/aromatic N) is 1. The molecule has 1 aromatic rings. The van der Waals surface area contributed by atoms with E-state index in [1.54, 1.807) is 33.2 Å². The number of primary amides is 1. The molecule has 1 amide bonds. The molecule has 10 nitrogen and oxygen atoms in total. The number of benzene rings is 1. The van der Waals surface area contributed by atoms with E-state index in [2.05, 4.69) is 0 Å². The number of aliphatic hydroxyl groups is 4. The Balaban J connectivity index is 2.18. The minimum Gasteiger partial charge on any atom is -0.510 e. The van der Waals surface area contributed by atoms with Gasteiger partial charge in [-0.2, -0.15) is 0 Å². The summed E-state index contributed by atoms with van der Waals surface area (Å²) in [5, 5.41) is 52.5. The molecule has 2 aliphatic rings. The van der Waals surface area contributed by atoms with Crippen LogP contribution in [0, 0.1) is 11.8 Å². The first-order chi connectivity index (χ1) is 15.4. The highest BCUT2D eigenvalue weighted by atomic mass is 16.3. The highest BCUT2D eigenvalue weighted by Gasteiger charge is 2.50. The topological polar surface area (TPSA) is 182 Å². The standard InChI is InChI=1S/C23H28N2O8/c1-9-10-5-4-6-12(27)16(10)21(31)17(14(29)8-26)15(9)20(30)11-7-13(28)18(23(24)33)22(32)19(11)25(2)3/h4-6,9,11,15,19-20,26-27,29-30,32H,7-8H2,1-3H3,(H2,24,33)/b17-14-/t9-,11?,15?,19-,20+/m0/s1. The van der Waals surface area contributed by atoms with Crippen molar-refractivity contribution in [2.24, 2.45) is 17.6 Å². The van der Waals surface area contributed by atoms with E-state index in [0.29, 0.717) is 5.56 Å². The first kappa shape index (κ1) is 24.4. The number of carbonyl (C=O) groups excluding carboxylic acids is 3. The van der Waals surface area contributed by atoms with Gasteiger partial charge in [0.25, 0.3) is 5.91 Å². The van der Waals surface area contributed by atoms with Crippen molar-refractivity contribution < 1.29 is 39.9 Å². The lowest BCUT2D eigenvalue weighted by atomic mass is 9.64. The van der Waals surface area contributed by atoms with Gasteiger partial charge in [-0.25, -0.2) is 0 Å². The Morgan fingerprint density at radius 2 is 1.88 bits per heavy atom. The number of amides is 1. The molecule has 0 spiro atoms. The van der Waals surface area contributed by atoms with E-state index in [1.807, 2.05) is 0 Å². The van der Waals surface area contributed by atoms with Crippen LogP contribution in [0.4, 0.5) is 0 Å². The smallest absolute Gasteiger partial charge is 0.255 e. The van der Waals surface area contributed by atoms with Crippen molar-refractivity contribution in [3.05, 3.63) is 52.0 Å². The molecule has 0 heterocycles. The van der Waals surface area contributed by atoms with Crippen LogP contribution in [-0.2, 0) is 9.59 Å². The van der Waals surface area contributed by atoms with Crippen LogP contribution in [0.5, 0.6) is 5.75 Å². The Labute approximate surface area is 190 Å². The van der Waals surface area contributed by atoms with E-state index in [4.69, 9.17) is 5.73 Å². The second-order valence-electron chi connectivity index (χ2n) is 8.72. The number of rotatable bonds is 5. The normalized spacial score (nSPS) is 28.1. The maximum absolute atomic E-state index is 13.3. The third-order valence-corrected chi connectivity index (χ3v) is 6.62. The van der Waals surface area contributed by atoms with Crippen LogP contribution in [0.2, 0.25) is 0 Å². The Hall–Kier alpha value is -3.21. The van der Waals surface area contributed by atoms with Gasteiger partial charge in [0.1, 0.15) is 29.4 Å². The molecule has 2 unspecified atom stereocenters. The number of phenols is 1. The summed E-state index contributed by atoms with van der Waals surface area (Å²) in [7, 11) is 3.17. The van der Waals surface area contributed by atoms with E-state index < -0.39 is 71.1 Å². The van der Waals surface area contributed by atoms with Gasteiger partial charge in [0.15, 0.2) is 11.6 Å². The zero-order valence-corrected chi connectivity index (χ0v) is 18.5. The van der Waals surface area contributed by atoms with E-state index >= 15 is 0 Å². The SMILES string of the molecule is C[C@H]1c2cccc(O)c2C(=O)/C(=C(\O)CO)C1[C@H](O)C1CC(=O)C(C(N)=O)=C(O)[C@H]1N(C)C. The predicted molar refractivity (Wildman–Crippen MR) is 117 cm³/mol. The molecule has 0 saturated carbocycles. The lowest BCUT2D eigenvalue weighted by Gasteiger charge is -2.43. The molecule has 3 rings (SSSR count). The minimum atomic E-state index is -1.46. The maximum atomic E-state index is 13.3. The Kier molecular flexibility index (Phi) is 6.64. The summed E-state index contributed by atoms with van der Waals surface area (Å²) in [6, 6.07) is 3.50. The predicted octanol–water partition coefficient (Wildman–Crippen LogP) is 0.290. The molecule has 0 aliphatic heterocycles. The van der Waals surface area contributed by atoms with E-state index in [1.165, 1.54) is 11.0 Å². The van der Waals surface area contributed by atoms with Gasteiger partial charge >= 0.3 is 0 Å². The first-order valence-corrected chi connectivity index (χ1v) is 10.4. The van der Waals surface area contributed by atoms with Gasteiger partial charge in [0.2, 0.25) is 0 Å². The second-order valence-corrected chi connectivity index (χ2v) is 8.72. The molecule has 0 aromatic heterocycles. The number of fused-ring (bicyclic) bond motifs is 1. The molecule has 1 aromatic carbocycles. The van der Waals surface area contributed by atoms with Crippen LogP contribution in [0.1, 0.15) is 35.2 Å². The molecular weight excluding hydrogens is 432 g/mol. The van der Waals surface area contributed by atoms with Crippen molar-refractivity contribution in [2.45, 2.75) is 31.4 Å². The quantitative estimate of drug-likeness (QED) is 0.204. The fourth-order valence-corrected chi connectivity index (χ4v) is 5.18. The fraction of sp³-hybridized carbons (Fsp3) is 0.435. The summed E-state index contributed by atoms with van der Waals surface area (Å²) in [6.45, 7) is 0.806. The molecule has 0 fully saturated rings. The largest absolute Gasteiger partial charge is 0.510 e. The maximum Gasteiger partial charge on any atom is 0.255 e. The lowest BCUT2D eigenvalue weighted by Crippen LogP contribution is -2.52. The summed E-state index contributed by atoms with van der Waals surface area (Å²) >= 11 is 0. The van der Waals surface area contributed by atoms with Gasteiger partial charge in [-0.3, -0.25) is 19.3 Å². The van der Waals surface area contributed by atoms with E-state index in [0.717, 1.165) is 0 Å². The monoisotopic (exact) mass is 460 g/mol. The molecule has 0 saturated heterocycles. The van der Waals surface area contributed by atoms with Crippen molar-refractivity contribution >= 4 is 17.5 Å². The summed E-state index contributed by atoms with van der Waals surface area (Å²) < 4.78 is 0. The van der Waals surface area contributed by atoms with Gasteiger partial charge in [-0.05, 0) is 31.6 Å². The average molecular weight is 460 g/mol. The summed E-state index contributed by atoms with van der Waals surface area (Å²) in [4.78, 5) is 39.1. The average Bonchev–Trinajstić information content (AvgIpc) is 2.73. The molecule has 10 heteroatoms. The van der Waals surface area contributed by atoms with Gasteiger partial charge in [-0.15, -0.1) is 0 Å². The number of likely N-dealkylation sites (N-methyl/N-ethyl adjacent to an activating group) is 1. The number of hydrogen-bond acceptors (Lipinski definition) is 9. The highest BCUT2D eigenvalue weighted by molar-refractivity contribution is 6.20. The van der Waals surface area contributed by atoms with E-state index in [-0.39, 0.29) is 23.3 Å². The van der Waals surface area contributed by atoms with Crippen molar-refractivity contribution in [2.75, 3.05) is 20.7 Å². The summed E-state index contributed by atoms with van der Waals surface area (Å²) in [6.07, 6.45) is -1.81. The molecule has 0 radical (unpaired) electrons. The zero-order valence-electron chi connectivity index (χ0n) is 18.5. The molecule has 178 valence electrons. The molecule has 0 bridgehead atoms. The van der Waals surface area contributed by atoms with Gasteiger partial charge in [-0.1, -0.05) is 19.1 Å². The number of carbonyl (C=O) groups is 3. The molecule has 5 atom stereocenters. The van der Waals surface area contributed by atoms with Gasteiger partial charge in [0, 0.05) is 23.8 Å². The first-order valence-electron chi connectivity index (χ1n) is 10.4. The third kappa shape index (κ3) is 3.90. The van der Waals surface area contributed by atoms with Gasteiger partial charge < -0.3 is 31.3 Å². The van der Waals surface area contributed by atoms with Crippen LogP contribution < -0.4 is 5.73 Å². The number of phenolic OH excluding ortho intramolecular Hbond substituents is 1. The van der Waals surface area contributed by atoms with Crippen LogP contribution in [0.15, 0.2) is 40.9 Å². The molecular formula is C23H28N2O8. The van der Waals surface area contributed by atoms with Crippen molar-refractivity contribution in [1.29, 1.82) is 0 Å². The van der Waals surface area contributed by atoms with Crippen molar-refractivity contribution in [3.8, 4) is 5.75 Å². The number of aliphatic hydroxyl groups excluding tert-OH is 4. The Bertz CT molecular complexity index is 1070. The van der Waals surface area contributed by atoms with Crippen LogP contribution >= 0.6 is 0 Å². The summed E-state index contributed by atoms with van der Waals surface area (Å²) in [5.74, 6) is -6.79. The van der Waals surface area contributed by atoms with Crippen molar-refractivity contribution in [1.82, 2.24) is 4.90 Å². The Morgan fingerprint density at radius 3 is 2.42 bits per heavy atom. The van der Waals surface area contributed by atoms with Crippen LogP contribution in [0.25, 0.3) is 0 Å². The molecule has 33 heavy (non-hydrogen) atoms. The number of nitrogens with two attached hydrogens (primary N) is 1. The zero-order chi connectivity index (χ0) is 24.8. The Morgan fingerprint density at radius 1 is 1.24 bits per heavy atom. The highest BCUT2D eigenvalue weighted by Crippen LogP contribution is 2.47. The van der Waals surface area contributed by atoms with Gasteiger partial charge in [0.05, 0.1) is 17.7 Å². The van der Waals surface area contributed by atoms with Crippen LogP contribution in [0.3, 0.4) is 0 Å². The second kappa shape index (κ2) is 8.97. The number of hydrogen-bond donors (Lipinski definition) is 6. The number of aromatic hydroxyl groups is 1. The minimum absolute atomic E-state index is 0.0360. The summed E-state index contributed by atoms with van der Waals surface area (Å²) in [5.41, 5.74) is 4.85.